The van der Waals surface area contributed by atoms with Crippen LogP contribution in [-0.4, -0.2) is 10.7 Å². The van der Waals surface area contributed by atoms with Crippen LogP contribution in [0.5, 0.6) is 0 Å². The number of aryl methyl sites for hydroxylation is 1. The molecule has 2 saturated carbocycles. The maximum Gasteiger partial charge on any atom is 0.0746 e. The van der Waals surface area contributed by atoms with E-state index in [2.05, 4.69) is 31.2 Å². The Hall–Kier alpha value is -0.820. The fraction of sp³-hybridized carbons (Fsp3) is 0.538. The zero-order chi connectivity index (χ0) is 9.81. The van der Waals surface area contributed by atoms with Gasteiger partial charge in [0, 0.05) is 5.41 Å². The lowest BCUT2D eigenvalue weighted by Crippen LogP contribution is -2.27. The van der Waals surface area contributed by atoms with Crippen LogP contribution in [0, 0.1) is 6.92 Å². The van der Waals surface area contributed by atoms with Crippen molar-refractivity contribution >= 4 is 0 Å². The lowest BCUT2D eigenvalue weighted by atomic mass is 9.87. The number of aliphatic hydroxyl groups is 1. The van der Waals surface area contributed by atoms with Crippen molar-refractivity contribution in [2.75, 3.05) is 0 Å². The number of benzene rings is 1. The van der Waals surface area contributed by atoms with Crippen LogP contribution in [0.2, 0.25) is 0 Å². The van der Waals surface area contributed by atoms with Gasteiger partial charge in [-0.25, -0.2) is 0 Å². The number of hydrogen-bond donors (Lipinski definition) is 1. The van der Waals surface area contributed by atoms with Gasteiger partial charge in [-0.3, -0.25) is 0 Å². The van der Waals surface area contributed by atoms with Crippen molar-refractivity contribution in [2.24, 2.45) is 0 Å². The summed E-state index contributed by atoms with van der Waals surface area (Å²) in [6.45, 7) is 2.11. The van der Waals surface area contributed by atoms with Crippen LogP contribution < -0.4 is 0 Å². The number of hydrogen-bond acceptors (Lipinski definition) is 1. The van der Waals surface area contributed by atoms with E-state index >= 15 is 0 Å². The molecule has 2 fully saturated rings. The second kappa shape index (κ2) is 2.40. The highest BCUT2D eigenvalue weighted by Crippen LogP contribution is 2.64. The molecule has 0 unspecified atom stereocenters. The van der Waals surface area contributed by atoms with Crippen LogP contribution in [0.25, 0.3) is 0 Å². The van der Waals surface area contributed by atoms with E-state index in [1.807, 2.05) is 0 Å². The van der Waals surface area contributed by atoms with Crippen LogP contribution in [0.1, 0.15) is 36.8 Å². The van der Waals surface area contributed by atoms with Crippen molar-refractivity contribution in [1.82, 2.24) is 0 Å². The average Bonchev–Trinajstić information content (AvgIpc) is 3.01. The van der Waals surface area contributed by atoms with Gasteiger partial charge in [-0.2, -0.15) is 0 Å². The summed E-state index contributed by atoms with van der Waals surface area (Å²) in [4.78, 5) is 0. The van der Waals surface area contributed by atoms with Gasteiger partial charge in [-0.05, 0) is 38.2 Å². The zero-order valence-corrected chi connectivity index (χ0v) is 8.59. The molecule has 1 heteroatoms. The molecule has 0 bridgehead atoms. The predicted molar refractivity (Wildman–Crippen MR) is 56.3 cm³/mol. The molecular weight excluding hydrogens is 172 g/mol. The summed E-state index contributed by atoms with van der Waals surface area (Å²) in [7, 11) is 0. The van der Waals surface area contributed by atoms with Gasteiger partial charge in [0.2, 0.25) is 0 Å². The Morgan fingerprint density at radius 3 is 2.00 bits per heavy atom. The minimum Gasteiger partial charge on any atom is -0.389 e. The Morgan fingerprint density at radius 1 is 1.00 bits per heavy atom. The van der Waals surface area contributed by atoms with Crippen molar-refractivity contribution in [2.45, 2.75) is 43.6 Å². The standard InChI is InChI=1S/C13H16O/c1-10-2-4-11(5-3-10)12(6-7-12)13(14)8-9-13/h2-5,14H,6-9H2,1H3. The van der Waals surface area contributed by atoms with Gasteiger partial charge in [-0.1, -0.05) is 29.8 Å². The van der Waals surface area contributed by atoms with E-state index in [-0.39, 0.29) is 11.0 Å². The Balaban J connectivity index is 1.99. The number of rotatable bonds is 2. The van der Waals surface area contributed by atoms with E-state index in [4.69, 9.17) is 0 Å². The van der Waals surface area contributed by atoms with Crippen LogP contribution in [0.15, 0.2) is 24.3 Å². The lowest BCUT2D eigenvalue weighted by molar-refractivity contribution is 0.106. The molecule has 3 rings (SSSR count). The summed E-state index contributed by atoms with van der Waals surface area (Å²) >= 11 is 0. The van der Waals surface area contributed by atoms with Gasteiger partial charge in [0.25, 0.3) is 0 Å². The topological polar surface area (TPSA) is 20.2 Å². The highest BCUT2D eigenvalue weighted by molar-refractivity contribution is 5.40. The van der Waals surface area contributed by atoms with Crippen molar-refractivity contribution < 1.29 is 5.11 Å². The first-order valence-corrected chi connectivity index (χ1v) is 5.46. The molecule has 1 aromatic rings. The van der Waals surface area contributed by atoms with Gasteiger partial charge in [0.1, 0.15) is 0 Å². The predicted octanol–water partition coefficient (Wildman–Crippen LogP) is 2.55. The summed E-state index contributed by atoms with van der Waals surface area (Å²) in [5.74, 6) is 0. The van der Waals surface area contributed by atoms with E-state index in [0.29, 0.717) is 0 Å². The maximum absolute atomic E-state index is 10.2. The molecule has 1 nitrogen and oxygen atoms in total. The van der Waals surface area contributed by atoms with Crippen molar-refractivity contribution in [3.05, 3.63) is 35.4 Å². The summed E-state index contributed by atoms with van der Waals surface area (Å²) in [5.41, 5.74) is 2.44. The normalized spacial score (nSPS) is 25.9. The third-order valence-electron chi connectivity index (χ3n) is 3.97. The second-order valence-electron chi connectivity index (χ2n) is 4.98. The van der Waals surface area contributed by atoms with Crippen LogP contribution in [0.3, 0.4) is 0 Å². The third-order valence-corrected chi connectivity index (χ3v) is 3.97. The molecule has 0 heterocycles. The molecule has 0 aromatic heterocycles. The Morgan fingerprint density at radius 2 is 1.57 bits per heavy atom. The summed E-state index contributed by atoms with van der Waals surface area (Å²) in [5, 5.41) is 10.2. The molecule has 0 aliphatic heterocycles. The van der Waals surface area contributed by atoms with E-state index in [1.54, 1.807) is 0 Å². The van der Waals surface area contributed by atoms with Gasteiger partial charge >= 0.3 is 0 Å². The van der Waals surface area contributed by atoms with E-state index in [1.165, 1.54) is 24.0 Å². The quantitative estimate of drug-likeness (QED) is 0.756. The first-order chi connectivity index (χ1) is 6.66. The maximum atomic E-state index is 10.2. The van der Waals surface area contributed by atoms with E-state index in [9.17, 15) is 5.11 Å². The third kappa shape index (κ3) is 0.992. The molecule has 1 N–H and O–H groups in total. The van der Waals surface area contributed by atoms with Crippen molar-refractivity contribution in [3.8, 4) is 0 Å². The van der Waals surface area contributed by atoms with E-state index < -0.39 is 0 Å². The van der Waals surface area contributed by atoms with Gasteiger partial charge in [0.15, 0.2) is 0 Å². The minimum atomic E-state index is -0.345. The molecule has 2 aliphatic carbocycles. The molecule has 0 amide bonds. The Labute approximate surface area is 84.8 Å². The zero-order valence-electron chi connectivity index (χ0n) is 8.59. The van der Waals surface area contributed by atoms with Crippen LogP contribution >= 0.6 is 0 Å². The largest absolute Gasteiger partial charge is 0.389 e. The SMILES string of the molecule is Cc1ccc(C2(C3(O)CC3)CC2)cc1. The molecule has 74 valence electrons. The molecule has 14 heavy (non-hydrogen) atoms. The van der Waals surface area contributed by atoms with Gasteiger partial charge < -0.3 is 5.11 Å². The highest BCUT2D eigenvalue weighted by atomic mass is 16.3. The summed E-state index contributed by atoms with van der Waals surface area (Å²) in [6.07, 6.45) is 4.35. The van der Waals surface area contributed by atoms with Crippen molar-refractivity contribution in [1.29, 1.82) is 0 Å². The van der Waals surface area contributed by atoms with Crippen LogP contribution in [0.4, 0.5) is 0 Å². The fourth-order valence-electron chi connectivity index (χ4n) is 2.62. The molecule has 2 aliphatic rings. The highest BCUT2D eigenvalue weighted by Gasteiger charge is 2.65. The first-order valence-electron chi connectivity index (χ1n) is 5.46. The Bertz CT molecular complexity index is 355. The van der Waals surface area contributed by atoms with Crippen molar-refractivity contribution in [3.63, 3.8) is 0 Å². The Kier molecular flexibility index (Phi) is 1.46. The monoisotopic (exact) mass is 188 g/mol. The molecule has 0 atom stereocenters. The smallest absolute Gasteiger partial charge is 0.0746 e. The average molecular weight is 188 g/mol. The molecule has 0 radical (unpaired) electrons. The fourth-order valence-corrected chi connectivity index (χ4v) is 2.62. The first kappa shape index (κ1) is 8.49. The van der Waals surface area contributed by atoms with E-state index in [0.717, 1.165) is 12.8 Å². The summed E-state index contributed by atoms with van der Waals surface area (Å²) < 4.78 is 0. The molecule has 1 aromatic carbocycles. The van der Waals surface area contributed by atoms with Gasteiger partial charge in [0.05, 0.1) is 5.60 Å². The lowest BCUT2D eigenvalue weighted by Gasteiger charge is -2.22. The second-order valence-corrected chi connectivity index (χ2v) is 4.98. The summed E-state index contributed by atoms with van der Waals surface area (Å²) in [6, 6.07) is 8.69. The molecule has 0 spiro atoms. The minimum absolute atomic E-state index is 0.140. The molecular formula is C13H16O. The van der Waals surface area contributed by atoms with Crippen LogP contribution in [-0.2, 0) is 5.41 Å². The van der Waals surface area contributed by atoms with Gasteiger partial charge in [-0.15, -0.1) is 0 Å². The molecule has 0 saturated heterocycles.